The predicted octanol–water partition coefficient (Wildman–Crippen LogP) is 3.00. The molecule has 82 valence electrons. The summed E-state index contributed by atoms with van der Waals surface area (Å²) in [4.78, 5) is 0. The van der Waals surface area contributed by atoms with Crippen LogP contribution in [0.1, 0.15) is 30.9 Å². The van der Waals surface area contributed by atoms with Crippen molar-refractivity contribution in [3.8, 4) is 5.75 Å². The summed E-state index contributed by atoms with van der Waals surface area (Å²) in [7, 11) is 0. The molecule has 1 fully saturated rings. The molecule has 2 N–H and O–H groups in total. The molecule has 1 atom stereocenters. The van der Waals surface area contributed by atoms with Gasteiger partial charge in [0.2, 0.25) is 0 Å². The topological polar surface area (TPSA) is 32.3 Å². The third kappa shape index (κ3) is 2.08. The summed E-state index contributed by atoms with van der Waals surface area (Å²) in [5.41, 5.74) is 0.497. The third-order valence-electron chi connectivity index (χ3n) is 2.77. The smallest absolute Gasteiger partial charge is 0.165 e. The van der Waals surface area contributed by atoms with Crippen LogP contribution in [0, 0.1) is 5.82 Å². The number of aromatic hydroxyl groups is 1. The van der Waals surface area contributed by atoms with Gasteiger partial charge >= 0.3 is 0 Å². The number of benzene rings is 1. The number of phenols is 1. The van der Waals surface area contributed by atoms with Crippen LogP contribution in [0.4, 0.5) is 4.39 Å². The average molecular weight is 230 g/mol. The highest BCUT2D eigenvalue weighted by molar-refractivity contribution is 6.31. The zero-order valence-corrected chi connectivity index (χ0v) is 9.02. The van der Waals surface area contributed by atoms with Gasteiger partial charge in [-0.3, -0.25) is 0 Å². The van der Waals surface area contributed by atoms with E-state index in [-0.39, 0.29) is 11.8 Å². The lowest BCUT2D eigenvalue weighted by Crippen LogP contribution is -2.27. The number of halogens is 2. The molecule has 2 rings (SSSR count). The maximum absolute atomic E-state index is 13.2. The molecule has 0 bridgehead atoms. The molecule has 1 heterocycles. The summed E-state index contributed by atoms with van der Waals surface area (Å²) in [6.07, 6.45) is 3.07. The van der Waals surface area contributed by atoms with E-state index in [1.807, 2.05) is 0 Å². The van der Waals surface area contributed by atoms with Crippen LogP contribution < -0.4 is 5.32 Å². The fourth-order valence-corrected chi connectivity index (χ4v) is 2.27. The Morgan fingerprint density at radius 1 is 1.40 bits per heavy atom. The number of rotatable bonds is 1. The van der Waals surface area contributed by atoms with Crippen LogP contribution in [0.2, 0.25) is 5.02 Å². The summed E-state index contributed by atoms with van der Waals surface area (Å²) in [6.45, 7) is 0.886. The SMILES string of the molecule is Oc1c(F)ccc(Cl)c1C1CCCCN1. The zero-order valence-electron chi connectivity index (χ0n) is 8.26. The summed E-state index contributed by atoms with van der Waals surface area (Å²) in [5, 5.41) is 13.3. The van der Waals surface area contributed by atoms with Crippen LogP contribution in [-0.4, -0.2) is 11.7 Å². The highest BCUT2D eigenvalue weighted by Crippen LogP contribution is 2.36. The fraction of sp³-hybridized carbons (Fsp3) is 0.455. The van der Waals surface area contributed by atoms with Crippen molar-refractivity contribution in [2.75, 3.05) is 6.54 Å². The first kappa shape index (κ1) is 10.7. The second-order valence-corrected chi connectivity index (χ2v) is 4.20. The summed E-state index contributed by atoms with van der Waals surface area (Å²) in [6, 6.07) is 2.65. The molecule has 0 aliphatic carbocycles. The first-order valence-electron chi connectivity index (χ1n) is 5.10. The van der Waals surface area contributed by atoms with Gasteiger partial charge in [-0.1, -0.05) is 18.0 Å². The van der Waals surface area contributed by atoms with E-state index in [4.69, 9.17) is 11.6 Å². The lowest BCUT2D eigenvalue weighted by atomic mass is 9.96. The molecule has 0 saturated carbocycles. The predicted molar refractivity (Wildman–Crippen MR) is 57.7 cm³/mol. The van der Waals surface area contributed by atoms with Crippen molar-refractivity contribution in [2.24, 2.45) is 0 Å². The minimum atomic E-state index is -0.609. The second kappa shape index (κ2) is 4.37. The summed E-state index contributed by atoms with van der Waals surface area (Å²) < 4.78 is 13.2. The minimum Gasteiger partial charge on any atom is -0.505 e. The van der Waals surface area contributed by atoms with Gasteiger partial charge in [-0.25, -0.2) is 4.39 Å². The molecule has 1 saturated heterocycles. The Kier molecular flexibility index (Phi) is 3.12. The Labute approximate surface area is 93.1 Å². The van der Waals surface area contributed by atoms with Gasteiger partial charge in [-0.15, -0.1) is 0 Å². The van der Waals surface area contributed by atoms with Gasteiger partial charge < -0.3 is 10.4 Å². The van der Waals surface area contributed by atoms with Gasteiger partial charge in [0.05, 0.1) is 0 Å². The quantitative estimate of drug-likeness (QED) is 0.776. The highest BCUT2D eigenvalue weighted by atomic mass is 35.5. The van der Waals surface area contributed by atoms with Gasteiger partial charge in [-0.2, -0.15) is 0 Å². The average Bonchev–Trinajstić information content (AvgIpc) is 2.26. The van der Waals surface area contributed by atoms with Crippen LogP contribution in [-0.2, 0) is 0 Å². The van der Waals surface area contributed by atoms with E-state index >= 15 is 0 Å². The Balaban J connectivity index is 2.36. The summed E-state index contributed by atoms with van der Waals surface area (Å²) >= 11 is 5.97. The van der Waals surface area contributed by atoms with E-state index in [1.54, 1.807) is 0 Å². The van der Waals surface area contributed by atoms with Gasteiger partial charge in [0, 0.05) is 16.6 Å². The van der Waals surface area contributed by atoms with Crippen molar-refractivity contribution >= 4 is 11.6 Å². The number of nitrogens with one attached hydrogen (secondary N) is 1. The maximum Gasteiger partial charge on any atom is 0.165 e. The van der Waals surface area contributed by atoms with Crippen LogP contribution in [0.5, 0.6) is 5.75 Å². The maximum atomic E-state index is 13.2. The van der Waals surface area contributed by atoms with E-state index in [9.17, 15) is 9.50 Å². The molecule has 15 heavy (non-hydrogen) atoms. The van der Waals surface area contributed by atoms with Crippen molar-refractivity contribution in [3.05, 3.63) is 28.5 Å². The number of hydrogen-bond acceptors (Lipinski definition) is 2. The third-order valence-corrected chi connectivity index (χ3v) is 3.10. The van der Waals surface area contributed by atoms with E-state index in [0.29, 0.717) is 10.6 Å². The lowest BCUT2D eigenvalue weighted by Gasteiger charge is -2.25. The van der Waals surface area contributed by atoms with Crippen molar-refractivity contribution < 1.29 is 9.50 Å². The van der Waals surface area contributed by atoms with Gasteiger partial charge in [0.15, 0.2) is 11.6 Å². The normalized spacial score (nSPS) is 21.6. The monoisotopic (exact) mass is 229 g/mol. The fourth-order valence-electron chi connectivity index (χ4n) is 1.99. The van der Waals surface area contributed by atoms with E-state index in [2.05, 4.69) is 5.32 Å². The standard InChI is InChI=1S/C11H13ClFNO/c12-7-4-5-8(13)11(15)10(7)9-3-1-2-6-14-9/h4-5,9,14-15H,1-3,6H2. The van der Waals surface area contributed by atoms with Crippen molar-refractivity contribution in [1.82, 2.24) is 5.32 Å². The van der Waals surface area contributed by atoms with Crippen molar-refractivity contribution in [1.29, 1.82) is 0 Å². The molecule has 0 aromatic heterocycles. The van der Waals surface area contributed by atoms with Crippen LogP contribution in [0.15, 0.2) is 12.1 Å². The molecular formula is C11H13ClFNO. The number of piperidine rings is 1. The Morgan fingerprint density at radius 3 is 2.87 bits per heavy atom. The van der Waals surface area contributed by atoms with Crippen LogP contribution in [0.25, 0.3) is 0 Å². The molecule has 1 aliphatic heterocycles. The number of hydrogen-bond donors (Lipinski definition) is 2. The lowest BCUT2D eigenvalue weighted by molar-refractivity contribution is 0.377. The van der Waals surface area contributed by atoms with Crippen molar-refractivity contribution in [3.63, 3.8) is 0 Å². The molecule has 1 aromatic rings. The first-order valence-corrected chi connectivity index (χ1v) is 5.48. The molecule has 1 aliphatic rings. The minimum absolute atomic E-state index is 0.0260. The Bertz CT molecular complexity index is 364. The molecule has 4 heteroatoms. The van der Waals surface area contributed by atoms with Crippen molar-refractivity contribution in [2.45, 2.75) is 25.3 Å². The van der Waals surface area contributed by atoms with Crippen LogP contribution >= 0.6 is 11.6 Å². The second-order valence-electron chi connectivity index (χ2n) is 3.79. The Morgan fingerprint density at radius 2 is 2.20 bits per heavy atom. The molecule has 2 nitrogen and oxygen atoms in total. The zero-order chi connectivity index (χ0) is 10.8. The largest absolute Gasteiger partial charge is 0.505 e. The van der Waals surface area contributed by atoms with E-state index in [1.165, 1.54) is 12.1 Å². The summed E-state index contributed by atoms with van der Waals surface area (Å²) in [5.74, 6) is -0.927. The van der Waals surface area contributed by atoms with Gasteiger partial charge in [0.1, 0.15) is 0 Å². The molecular weight excluding hydrogens is 217 g/mol. The van der Waals surface area contributed by atoms with Crippen LogP contribution in [0.3, 0.4) is 0 Å². The van der Waals surface area contributed by atoms with E-state index in [0.717, 1.165) is 25.8 Å². The van der Waals surface area contributed by atoms with Gasteiger partial charge in [-0.05, 0) is 31.5 Å². The Hall–Kier alpha value is -0.800. The molecule has 0 spiro atoms. The molecule has 0 radical (unpaired) electrons. The highest BCUT2D eigenvalue weighted by Gasteiger charge is 2.22. The molecule has 1 unspecified atom stereocenters. The molecule has 1 aromatic carbocycles. The van der Waals surface area contributed by atoms with Gasteiger partial charge in [0.25, 0.3) is 0 Å². The molecule has 0 amide bonds. The number of phenolic OH excluding ortho intramolecular Hbond substituents is 1. The first-order chi connectivity index (χ1) is 7.20. The van der Waals surface area contributed by atoms with E-state index < -0.39 is 5.82 Å².